The van der Waals surface area contributed by atoms with Gasteiger partial charge in [0.2, 0.25) is 0 Å². The van der Waals surface area contributed by atoms with E-state index in [1.807, 2.05) is 30.3 Å². The van der Waals surface area contributed by atoms with Crippen LogP contribution < -0.4 is 9.47 Å². The number of hydrogen-bond donors (Lipinski definition) is 1. The fraction of sp³-hybridized carbons (Fsp3) is 0.333. The molecule has 0 saturated carbocycles. The Hall–Kier alpha value is -2.30. The Bertz CT molecular complexity index is 871. The molecule has 128 valence electrons. The number of benzene rings is 2. The summed E-state index contributed by atoms with van der Waals surface area (Å²) in [6, 6.07) is 14.2. The van der Waals surface area contributed by atoms with Crippen LogP contribution >= 0.6 is 0 Å². The molecule has 1 fully saturated rings. The first-order valence-electron chi connectivity index (χ1n) is 8.59. The highest BCUT2D eigenvalue weighted by Gasteiger charge is 2.62. The lowest BCUT2D eigenvalue weighted by atomic mass is 9.58. The first-order chi connectivity index (χ1) is 12.3. The van der Waals surface area contributed by atoms with Crippen molar-refractivity contribution in [3.05, 3.63) is 64.7 Å². The minimum absolute atomic E-state index is 0.0412. The van der Waals surface area contributed by atoms with Gasteiger partial charge in [-0.05, 0) is 28.8 Å². The highest BCUT2D eigenvalue weighted by molar-refractivity contribution is 5.81. The molecule has 2 aliphatic heterocycles. The molecule has 25 heavy (non-hydrogen) atoms. The maximum Gasteiger partial charge on any atom is 0.125 e. The molecule has 3 aliphatic rings. The summed E-state index contributed by atoms with van der Waals surface area (Å²) in [5.41, 5.74) is 5.70. The summed E-state index contributed by atoms with van der Waals surface area (Å²) in [6.45, 7) is 0.0690. The van der Waals surface area contributed by atoms with Crippen molar-refractivity contribution in [2.75, 3.05) is 20.8 Å². The van der Waals surface area contributed by atoms with Gasteiger partial charge in [-0.1, -0.05) is 30.3 Å². The van der Waals surface area contributed by atoms with Gasteiger partial charge in [-0.2, -0.15) is 0 Å². The van der Waals surface area contributed by atoms with Crippen molar-refractivity contribution in [1.82, 2.24) is 0 Å². The molecule has 2 aromatic rings. The van der Waals surface area contributed by atoms with Crippen molar-refractivity contribution < 1.29 is 19.3 Å². The first kappa shape index (κ1) is 15.0. The van der Waals surface area contributed by atoms with Crippen LogP contribution in [0.25, 0.3) is 5.57 Å². The molecule has 4 atom stereocenters. The van der Waals surface area contributed by atoms with Crippen molar-refractivity contribution in [3.8, 4) is 11.5 Å². The summed E-state index contributed by atoms with van der Waals surface area (Å²) in [5, 5.41) is 10.00. The molecule has 0 amide bonds. The second kappa shape index (κ2) is 5.35. The van der Waals surface area contributed by atoms with Crippen molar-refractivity contribution in [2.24, 2.45) is 11.8 Å². The van der Waals surface area contributed by atoms with Gasteiger partial charge in [0.15, 0.2) is 0 Å². The van der Waals surface area contributed by atoms with Crippen molar-refractivity contribution in [3.63, 3.8) is 0 Å². The van der Waals surface area contributed by atoms with E-state index in [0.29, 0.717) is 0 Å². The molecule has 4 heteroatoms. The number of hydrogen-bond acceptors (Lipinski definition) is 4. The quantitative estimate of drug-likeness (QED) is 0.928. The van der Waals surface area contributed by atoms with E-state index in [9.17, 15) is 5.11 Å². The third-order valence-electron chi connectivity index (χ3n) is 5.89. The van der Waals surface area contributed by atoms with Gasteiger partial charge < -0.3 is 19.3 Å². The van der Waals surface area contributed by atoms with Gasteiger partial charge in [-0.25, -0.2) is 0 Å². The molecule has 2 bridgehead atoms. The number of rotatable bonds is 4. The normalized spacial score (nSPS) is 28.4. The zero-order valence-electron chi connectivity index (χ0n) is 14.2. The lowest BCUT2D eigenvalue weighted by Crippen LogP contribution is -2.36. The van der Waals surface area contributed by atoms with E-state index in [0.717, 1.165) is 28.2 Å². The smallest absolute Gasteiger partial charge is 0.125 e. The summed E-state index contributed by atoms with van der Waals surface area (Å²) in [7, 11) is 3.38. The Morgan fingerprint density at radius 3 is 2.04 bits per heavy atom. The average molecular weight is 336 g/mol. The third kappa shape index (κ3) is 1.78. The predicted molar refractivity (Wildman–Crippen MR) is 93.5 cm³/mol. The Morgan fingerprint density at radius 2 is 1.48 bits per heavy atom. The molecular formula is C21H20O4. The molecule has 0 unspecified atom stereocenters. The Labute approximate surface area is 146 Å². The molecule has 1 saturated heterocycles. The van der Waals surface area contributed by atoms with Crippen LogP contribution in [0.2, 0.25) is 0 Å². The van der Waals surface area contributed by atoms with E-state index >= 15 is 0 Å². The second-order valence-electron chi connectivity index (χ2n) is 6.79. The predicted octanol–water partition coefficient (Wildman–Crippen LogP) is 3.52. The average Bonchev–Trinajstić information content (AvgIpc) is 3.16. The molecule has 5 rings (SSSR count). The minimum Gasteiger partial charge on any atom is -0.496 e. The maximum absolute atomic E-state index is 10.00. The summed E-state index contributed by atoms with van der Waals surface area (Å²) in [4.78, 5) is 0. The molecule has 4 nitrogen and oxygen atoms in total. The lowest BCUT2D eigenvalue weighted by molar-refractivity contribution is 0.0600. The van der Waals surface area contributed by atoms with Gasteiger partial charge in [0.05, 0.1) is 33.0 Å². The topological polar surface area (TPSA) is 47.9 Å². The molecule has 1 N–H and O–H groups in total. The van der Waals surface area contributed by atoms with Gasteiger partial charge >= 0.3 is 0 Å². The summed E-state index contributed by atoms with van der Waals surface area (Å²) in [5.74, 6) is 2.18. The van der Waals surface area contributed by atoms with Crippen LogP contribution in [0.5, 0.6) is 11.5 Å². The van der Waals surface area contributed by atoms with Gasteiger partial charge in [0, 0.05) is 23.0 Å². The van der Waals surface area contributed by atoms with Crippen LogP contribution in [0.1, 0.15) is 28.9 Å². The fourth-order valence-electron chi connectivity index (χ4n) is 4.95. The number of aliphatic hydroxyl groups is 1. The number of ether oxygens (including phenoxy) is 3. The monoisotopic (exact) mass is 336 g/mol. The largest absolute Gasteiger partial charge is 0.496 e. The van der Waals surface area contributed by atoms with Gasteiger partial charge in [-0.3, -0.25) is 0 Å². The Morgan fingerprint density at radius 1 is 0.880 bits per heavy atom. The van der Waals surface area contributed by atoms with Gasteiger partial charge in [0.1, 0.15) is 11.5 Å². The van der Waals surface area contributed by atoms with Crippen molar-refractivity contribution in [1.29, 1.82) is 0 Å². The number of fused-ring (bicyclic) bond motifs is 8. The summed E-state index contributed by atoms with van der Waals surface area (Å²) >= 11 is 0. The summed E-state index contributed by atoms with van der Waals surface area (Å²) < 4.78 is 17.6. The maximum atomic E-state index is 10.00. The highest BCUT2D eigenvalue weighted by Crippen LogP contribution is 2.71. The summed E-state index contributed by atoms with van der Waals surface area (Å²) in [6.07, 6.45) is -0.106. The molecule has 1 aliphatic carbocycles. The third-order valence-corrected chi connectivity index (χ3v) is 5.89. The Balaban J connectivity index is 1.66. The first-order valence-corrected chi connectivity index (χ1v) is 8.59. The number of aliphatic hydroxyl groups excluding tert-OH is 1. The van der Waals surface area contributed by atoms with Crippen LogP contribution in [0.4, 0.5) is 0 Å². The van der Waals surface area contributed by atoms with E-state index in [-0.39, 0.29) is 30.7 Å². The molecule has 0 aromatic heterocycles. The second-order valence-corrected chi connectivity index (χ2v) is 6.79. The van der Waals surface area contributed by atoms with E-state index in [1.165, 1.54) is 11.1 Å². The molecule has 0 radical (unpaired) electrons. The fourth-order valence-corrected chi connectivity index (χ4v) is 4.95. The van der Waals surface area contributed by atoms with E-state index in [4.69, 9.17) is 14.2 Å². The van der Waals surface area contributed by atoms with Gasteiger partial charge in [0.25, 0.3) is 0 Å². The van der Waals surface area contributed by atoms with E-state index in [2.05, 4.69) is 12.1 Å². The zero-order chi connectivity index (χ0) is 17.1. The standard InChI is InChI=1S/C21H20O4/c1-23-13-8-9-14(24-2)18-17(13)20-16-12(10-22)15(19(16)21(18)25-20)11-6-4-3-5-7-11/h3-9,16,19-22H,10H2,1-2H3/t16-,19+,20-,21-/m0/s1. The van der Waals surface area contributed by atoms with Crippen molar-refractivity contribution >= 4 is 5.57 Å². The van der Waals surface area contributed by atoms with E-state index in [1.54, 1.807) is 14.2 Å². The minimum atomic E-state index is -0.0651. The molecule has 2 heterocycles. The van der Waals surface area contributed by atoms with Crippen LogP contribution in [0.3, 0.4) is 0 Å². The highest BCUT2D eigenvalue weighted by atomic mass is 16.5. The van der Waals surface area contributed by atoms with Gasteiger partial charge in [-0.15, -0.1) is 0 Å². The SMILES string of the molecule is COc1ccc(OC)c2c1[C@H]1O[C@@H]2[C@@H]2C(c3ccccc3)=C(CO)[C@@H]21. The van der Waals surface area contributed by atoms with Crippen LogP contribution in [-0.2, 0) is 4.74 Å². The van der Waals surface area contributed by atoms with Crippen LogP contribution in [0.15, 0.2) is 48.0 Å². The van der Waals surface area contributed by atoms with Crippen LogP contribution in [-0.4, -0.2) is 25.9 Å². The Kier molecular flexibility index (Phi) is 3.21. The lowest BCUT2D eigenvalue weighted by Gasteiger charge is -2.43. The van der Waals surface area contributed by atoms with Crippen molar-refractivity contribution in [2.45, 2.75) is 12.2 Å². The molecular weight excluding hydrogens is 316 g/mol. The van der Waals surface area contributed by atoms with E-state index < -0.39 is 0 Å². The molecule has 0 spiro atoms. The zero-order valence-corrected chi connectivity index (χ0v) is 14.2. The molecule has 2 aromatic carbocycles. The number of methoxy groups -OCH3 is 2. The van der Waals surface area contributed by atoms with Crippen LogP contribution in [0, 0.1) is 11.8 Å².